The van der Waals surface area contributed by atoms with Gasteiger partial charge in [0.05, 0.1) is 27.0 Å². The lowest BCUT2D eigenvalue weighted by molar-refractivity contribution is 0.208. The number of rotatable bonds is 5. The van der Waals surface area contributed by atoms with Gasteiger partial charge in [0.2, 0.25) is 5.75 Å². The molecule has 1 aliphatic rings. The molecule has 0 saturated carbocycles. The Morgan fingerprint density at radius 1 is 0.931 bits per heavy atom. The Labute approximate surface area is 167 Å². The highest BCUT2D eigenvalue weighted by Gasteiger charge is 2.24. The molecule has 1 fully saturated rings. The van der Waals surface area contributed by atoms with Gasteiger partial charge in [-0.3, -0.25) is 0 Å². The Kier molecular flexibility index (Phi) is 6.26. The van der Waals surface area contributed by atoms with Crippen LogP contribution in [0.3, 0.4) is 0 Å². The van der Waals surface area contributed by atoms with E-state index in [1.54, 1.807) is 26.2 Å². The number of benzene rings is 2. The van der Waals surface area contributed by atoms with E-state index in [0.29, 0.717) is 43.4 Å². The molecule has 29 heavy (non-hydrogen) atoms. The molecule has 2 aromatic rings. The second kappa shape index (κ2) is 8.85. The molecular formula is C20H23F2N3O4. The van der Waals surface area contributed by atoms with Crippen molar-refractivity contribution < 1.29 is 27.8 Å². The number of amides is 2. The molecule has 1 N–H and O–H groups in total. The van der Waals surface area contributed by atoms with Crippen molar-refractivity contribution in [1.82, 2.24) is 4.90 Å². The maximum absolute atomic E-state index is 13.7. The summed E-state index contributed by atoms with van der Waals surface area (Å²) in [6.45, 7) is 1.94. The number of hydrogen-bond donors (Lipinski definition) is 1. The Morgan fingerprint density at radius 2 is 1.55 bits per heavy atom. The quantitative estimate of drug-likeness (QED) is 0.824. The number of methoxy groups -OCH3 is 3. The van der Waals surface area contributed by atoms with Crippen LogP contribution in [0.4, 0.5) is 25.0 Å². The Bertz CT molecular complexity index is 861. The zero-order valence-corrected chi connectivity index (χ0v) is 16.5. The van der Waals surface area contributed by atoms with Crippen molar-refractivity contribution in [3.8, 4) is 17.2 Å². The lowest BCUT2D eigenvalue weighted by Crippen LogP contribution is -2.50. The van der Waals surface area contributed by atoms with Crippen molar-refractivity contribution in [3.63, 3.8) is 0 Å². The molecule has 0 spiro atoms. The molecule has 1 aliphatic heterocycles. The summed E-state index contributed by atoms with van der Waals surface area (Å²) in [5.74, 6) is 0.297. The first-order valence-corrected chi connectivity index (χ1v) is 9.02. The van der Waals surface area contributed by atoms with E-state index >= 15 is 0 Å². The van der Waals surface area contributed by atoms with Crippen molar-refractivity contribution in [2.75, 3.05) is 57.7 Å². The second-order valence-electron chi connectivity index (χ2n) is 6.41. The van der Waals surface area contributed by atoms with Gasteiger partial charge in [-0.05, 0) is 12.1 Å². The van der Waals surface area contributed by atoms with Crippen LogP contribution in [0.15, 0.2) is 30.3 Å². The van der Waals surface area contributed by atoms with Gasteiger partial charge in [0, 0.05) is 50.1 Å². The van der Waals surface area contributed by atoms with Crippen molar-refractivity contribution >= 4 is 17.4 Å². The number of nitrogens with one attached hydrogen (secondary N) is 1. The van der Waals surface area contributed by atoms with E-state index in [-0.39, 0.29) is 5.69 Å². The molecule has 1 heterocycles. The number of hydrogen-bond acceptors (Lipinski definition) is 5. The highest BCUT2D eigenvalue weighted by Crippen LogP contribution is 2.41. The van der Waals surface area contributed by atoms with E-state index in [4.69, 9.17) is 14.2 Å². The number of carbonyl (C=O) groups is 1. The number of nitrogens with zero attached hydrogens (tertiary/aromatic N) is 2. The standard InChI is InChI=1S/C20H23F2N3O4/c1-27-17-11-14(12-18(28-2)19(17)29-3)24-6-8-25(9-7-24)20(26)23-16-10-13(21)4-5-15(16)22/h4-5,10-12H,6-9H2,1-3H3,(H,23,26). The third-order valence-electron chi connectivity index (χ3n) is 4.75. The Hall–Kier alpha value is -3.23. The minimum atomic E-state index is -0.684. The van der Waals surface area contributed by atoms with Gasteiger partial charge in [0.1, 0.15) is 11.6 Å². The molecule has 2 aromatic carbocycles. The lowest BCUT2D eigenvalue weighted by Gasteiger charge is -2.36. The summed E-state index contributed by atoms with van der Waals surface area (Å²) in [4.78, 5) is 16.0. The van der Waals surface area contributed by atoms with E-state index in [9.17, 15) is 13.6 Å². The molecule has 0 bridgehead atoms. The molecule has 7 nitrogen and oxygen atoms in total. The highest BCUT2D eigenvalue weighted by atomic mass is 19.1. The van der Waals surface area contributed by atoms with Gasteiger partial charge in [0.25, 0.3) is 0 Å². The van der Waals surface area contributed by atoms with E-state index in [1.807, 2.05) is 12.1 Å². The zero-order valence-electron chi connectivity index (χ0n) is 16.5. The first-order chi connectivity index (χ1) is 14.0. The summed E-state index contributed by atoms with van der Waals surface area (Å²) in [6, 6.07) is 6.16. The van der Waals surface area contributed by atoms with Crippen molar-refractivity contribution in [2.24, 2.45) is 0 Å². The van der Waals surface area contributed by atoms with Gasteiger partial charge in [-0.1, -0.05) is 0 Å². The zero-order chi connectivity index (χ0) is 21.0. The van der Waals surface area contributed by atoms with Crippen LogP contribution in [0.2, 0.25) is 0 Å². The topological polar surface area (TPSA) is 63.3 Å². The fourth-order valence-corrected chi connectivity index (χ4v) is 3.21. The van der Waals surface area contributed by atoms with Gasteiger partial charge in [0.15, 0.2) is 11.5 Å². The fraction of sp³-hybridized carbons (Fsp3) is 0.350. The number of halogens is 2. The van der Waals surface area contributed by atoms with E-state index in [2.05, 4.69) is 10.2 Å². The average Bonchev–Trinajstić information content (AvgIpc) is 2.75. The molecule has 3 rings (SSSR count). The molecule has 0 aromatic heterocycles. The largest absolute Gasteiger partial charge is 0.493 e. The summed E-state index contributed by atoms with van der Waals surface area (Å²) >= 11 is 0. The first-order valence-electron chi connectivity index (χ1n) is 9.02. The molecule has 1 saturated heterocycles. The number of anilines is 2. The predicted molar refractivity (Wildman–Crippen MR) is 105 cm³/mol. The van der Waals surface area contributed by atoms with Crippen molar-refractivity contribution in [3.05, 3.63) is 42.0 Å². The van der Waals surface area contributed by atoms with Gasteiger partial charge >= 0.3 is 6.03 Å². The third-order valence-corrected chi connectivity index (χ3v) is 4.75. The van der Waals surface area contributed by atoms with Crippen LogP contribution in [-0.4, -0.2) is 58.4 Å². The maximum atomic E-state index is 13.7. The second-order valence-corrected chi connectivity index (χ2v) is 6.41. The molecule has 0 unspecified atom stereocenters. The molecule has 0 atom stereocenters. The maximum Gasteiger partial charge on any atom is 0.322 e. The summed E-state index contributed by atoms with van der Waals surface area (Å²) in [6.07, 6.45) is 0. The van der Waals surface area contributed by atoms with E-state index < -0.39 is 17.7 Å². The van der Waals surface area contributed by atoms with Crippen LogP contribution in [0, 0.1) is 11.6 Å². The Balaban J connectivity index is 1.67. The van der Waals surface area contributed by atoms with Gasteiger partial charge in [-0.15, -0.1) is 0 Å². The fourth-order valence-electron chi connectivity index (χ4n) is 3.21. The van der Waals surface area contributed by atoms with E-state index in [1.165, 1.54) is 0 Å². The summed E-state index contributed by atoms with van der Waals surface area (Å²) in [5.41, 5.74) is 0.692. The lowest BCUT2D eigenvalue weighted by atomic mass is 10.2. The smallest absolute Gasteiger partial charge is 0.322 e. The molecule has 0 aliphatic carbocycles. The number of carbonyl (C=O) groups excluding carboxylic acids is 1. The van der Waals surface area contributed by atoms with Crippen LogP contribution in [0.1, 0.15) is 0 Å². The van der Waals surface area contributed by atoms with Crippen molar-refractivity contribution in [2.45, 2.75) is 0 Å². The van der Waals surface area contributed by atoms with Gasteiger partial charge < -0.3 is 29.3 Å². The molecule has 0 radical (unpaired) electrons. The van der Waals surface area contributed by atoms with Crippen LogP contribution in [-0.2, 0) is 0 Å². The van der Waals surface area contributed by atoms with Crippen LogP contribution < -0.4 is 24.4 Å². The SMILES string of the molecule is COc1cc(N2CCN(C(=O)Nc3cc(F)ccc3F)CC2)cc(OC)c1OC. The van der Waals surface area contributed by atoms with Gasteiger partial charge in [-0.25, -0.2) is 13.6 Å². The summed E-state index contributed by atoms with van der Waals surface area (Å²) in [7, 11) is 4.64. The normalized spacial score (nSPS) is 13.8. The number of urea groups is 1. The first kappa shape index (κ1) is 20.5. The molecule has 9 heteroatoms. The average molecular weight is 407 g/mol. The predicted octanol–water partition coefficient (Wildman–Crippen LogP) is 3.34. The third kappa shape index (κ3) is 4.44. The molecule has 156 valence electrons. The number of piperazine rings is 1. The monoisotopic (exact) mass is 407 g/mol. The molecular weight excluding hydrogens is 384 g/mol. The number of ether oxygens (including phenoxy) is 3. The minimum Gasteiger partial charge on any atom is -0.493 e. The Morgan fingerprint density at radius 3 is 2.10 bits per heavy atom. The van der Waals surface area contributed by atoms with E-state index in [0.717, 1.165) is 23.9 Å². The summed E-state index contributed by atoms with van der Waals surface area (Å²) in [5, 5.41) is 2.42. The van der Waals surface area contributed by atoms with Crippen LogP contribution in [0.25, 0.3) is 0 Å². The van der Waals surface area contributed by atoms with Crippen molar-refractivity contribution in [1.29, 1.82) is 0 Å². The summed E-state index contributed by atoms with van der Waals surface area (Å²) < 4.78 is 43.1. The highest BCUT2D eigenvalue weighted by molar-refractivity contribution is 5.89. The van der Waals surface area contributed by atoms with Crippen LogP contribution in [0.5, 0.6) is 17.2 Å². The minimum absolute atomic E-state index is 0.179. The van der Waals surface area contributed by atoms with Gasteiger partial charge in [-0.2, -0.15) is 0 Å². The molecule has 2 amide bonds. The van der Waals surface area contributed by atoms with Crippen LogP contribution >= 0.6 is 0 Å².